The zero-order valence-electron chi connectivity index (χ0n) is 9.37. The van der Waals surface area contributed by atoms with Crippen LogP contribution in [0, 0.1) is 0 Å². The van der Waals surface area contributed by atoms with E-state index in [2.05, 4.69) is 5.32 Å². The maximum Gasteiger partial charge on any atom is 0.253 e. The molecule has 4 nitrogen and oxygen atoms in total. The summed E-state index contributed by atoms with van der Waals surface area (Å²) >= 11 is 0. The molecule has 0 aromatic rings. The average Bonchev–Trinajstić information content (AvgIpc) is 2.74. The summed E-state index contributed by atoms with van der Waals surface area (Å²) in [5, 5.41) is 3.01. The van der Waals surface area contributed by atoms with Gasteiger partial charge in [-0.15, -0.1) is 0 Å². The zero-order chi connectivity index (χ0) is 10.7. The van der Waals surface area contributed by atoms with Gasteiger partial charge < -0.3 is 15.0 Å². The van der Waals surface area contributed by atoms with Crippen molar-refractivity contribution in [2.45, 2.75) is 37.8 Å². The number of morpholine rings is 1. The molecule has 0 spiro atoms. The van der Waals surface area contributed by atoms with Crippen molar-refractivity contribution in [1.29, 1.82) is 0 Å². The SMILES string of the molecule is CNCC1OCCN(C2CCCC2)C1=O. The molecule has 1 heterocycles. The molecule has 1 saturated carbocycles. The van der Waals surface area contributed by atoms with Crippen LogP contribution < -0.4 is 5.32 Å². The molecular weight excluding hydrogens is 192 g/mol. The first-order chi connectivity index (χ1) is 7.33. The average molecular weight is 212 g/mol. The van der Waals surface area contributed by atoms with Crippen molar-refractivity contribution in [2.24, 2.45) is 0 Å². The lowest BCUT2D eigenvalue weighted by Gasteiger charge is -2.36. The summed E-state index contributed by atoms with van der Waals surface area (Å²) in [6, 6.07) is 0.487. The molecule has 1 atom stereocenters. The minimum atomic E-state index is -0.260. The van der Waals surface area contributed by atoms with Crippen LogP contribution in [0.5, 0.6) is 0 Å². The van der Waals surface area contributed by atoms with Crippen molar-refractivity contribution >= 4 is 5.91 Å². The van der Waals surface area contributed by atoms with Gasteiger partial charge >= 0.3 is 0 Å². The Bertz CT molecular complexity index is 225. The number of ether oxygens (including phenoxy) is 1. The van der Waals surface area contributed by atoms with E-state index in [0.29, 0.717) is 19.2 Å². The minimum Gasteiger partial charge on any atom is -0.365 e. The van der Waals surface area contributed by atoms with Crippen LogP contribution in [0.4, 0.5) is 0 Å². The molecule has 1 aliphatic carbocycles. The standard InChI is InChI=1S/C11H20N2O2/c1-12-8-10-11(14)13(6-7-15-10)9-4-2-3-5-9/h9-10,12H,2-8H2,1H3. The second-order valence-corrected chi connectivity index (χ2v) is 4.39. The van der Waals surface area contributed by atoms with E-state index in [1.807, 2.05) is 11.9 Å². The monoisotopic (exact) mass is 212 g/mol. The third-order valence-electron chi connectivity index (χ3n) is 3.36. The largest absolute Gasteiger partial charge is 0.365 e. The fourth-order valence-electron chi connectivity index (χ4n) is 2.57. The lowest BCUT2D eigenvalue weighted by molar-refractivity contribution is -0.155. The van der Waals surface area contributed by atoms with Crippen molar-refractivity contribution in [3.8, 4) is 0 Å². The molecule has 1 aliphatic heterocycles. The van der Waals surface area contributed by atoms with E-state index in [0.717, 1.165) is 6.54 Å². The van der Waals surface area contributed by atoms with Gasteiger partial charge in [-0.05, 0) is 19.9 Å². The van der Waals surface area contributed by atoms with Crippen molar-refractivity contribution in [3.05, 3.63) is 0 Å². The fourth-order valence-corrected chi connectivity index (χ4v) is 2.57. The van der Waals surface area contributed by atoms with Crippen LogP contribution in [0.3, 0.4) is 0 Å². The topological polar surface area (TPSA) is 41.6 Å². The minimum absolute atomic E-state index is 0.183. The number of hydrogen-bond donors (Lipinski definition) is 1. The Hall–Kier alpha value is -0.610. The van der Waals surface area contributed by atoms with Gasteiger partial charge in [-0.25, -0.2) is 0 Å². The molecule has 1 unspecified atom stereocenters. The summed E-state index contributed by atoms with van der Waals surface area (Å²) in [4.78, 5) is 14.1. The maximum absolute atomic E-state index is 12.1. The third kappa shape index (κ3) is 2.32. The summed E-state index contributed by atoms with van der Waals surface area (Å²) in [5.41, 5.74) is 0. The predicted molar refractivity (Wildman–Crippen MR) is 57.6 cm³/mol. The molecule has 0 aromatic carbocycles. The third-order valence-corrected chi connectivity index (χ3v) is 3.36. The lowest BCUT2D eigenvalue weighted by Crippen LogP contribution is -2.54. The van der Waals surface area contributed by atoms with Gasteiger partial charge in [0.05, 0.1) is 6.61 Å². The Kier molecular flexibility index (Phi) is 3.59. The molecule has 2 aliphatic rings. The second-order valence-electron chi connectivity index (χ2n) is 4.39. The molecule has 1 saturated heterocycles. The van der Waals surface area contributed by atoms with Crippen molar-refractivity contribution in [2.75, 3.05) is 26.7 Å². The molecule has 1 amide bonds. The van der Waals surface area contributed by atoms with Gasteiger partial charge in [0, 0.05) is 19.1 Å². The molecule has 4 heteroatoms. The molecule has 1 N–H and O–H groups in total. The van der Waals surface area contributed by atoms with E-state index in [1.165, 1.54) is 25.7 Å². The van der Waals surface area contributed by atoms with Gasteiger partial charge in [0.2, 0.25) is 0 Å². The molecule has 86 valence electrons. The zero-order valence-corrected chi connectivity index (χ0v) is 9.37. The first-order valence-electron chi connectivity index (χ1n) is 5.89. The highest BCUT2D eigenvalue weighted by molar-refractivity contribution is 5.82. The van der Waals surface area contributed by atoms with Gasteiger partial charge in [-0.3, -0.25) is 4.79 Å². The normalized spacial score (nSPS) is 28.7. The molecule has 0 radical (unpaired) electrons. The lowest BCUT2D eigenvalue weighted by atomic mass is 10.1. The number of hydrogen-bond acceptors (Lipinski definition) is 3. The Labute approximate surface area is 91.0 Å². The van der Waals surface area contributed by atoms with E-state index >= 15 is 0 Å². The van der Waals surface area contributed by atoms with E-state index in [-0.39, 0.29) is 12.0 Å². The molecule has 0 bridgehead atoms. The molecule has 15 heavy (non-hydrogen) atoms. The first-order valence-corrected chi connectivity index (χ1v) is 5.89. The molecule has 0 aromatic heterocycles. The van der Waals surface area contributed by atoms with Crippen molar-refractivity contribution < 1.29 is 9.53 Å². The number of carbonyl (C=O) groups is 1. The quantitative estimate of drug-likeness (QED) is 0.735. The van der Waals surface area contributed by atoms with Crippen LogP contribution >= 0.6 is 0 Å². The Balaban J connectivity index is 1.95. The number of carbonyl (C=O) groups excluding carboxylic acids is 1. The van der Waals surface area contributed by atoms with Crippen molar-refractivity contribution in [1.82, 2.24) is 10.2 Å². The van der Waals surface area contributed by atoms with Gasteiger partial charge in [0.1, 0.15) is 6.10 Å². The highest BCUT2D eigenvalue weighted by atomic mass is 16.5. The van der Waals surface area contributed by atoms with Crippen LogP contribution in [0.1, 0.15) is 25.7 Å². The summed E-state index contributed by atoms with van der Waals surface area (Å²) in [7, 11) is 1.85. The number of nitrogens with zero attached hydrogens (tertiary/aromatic N) is 1. The van der Waals surface area contributed by atoms with Gasteiger partial charge in [-0.1, -0.05) is 12.8 Å². The van der Waals surface area contributed by atoms with Gasteiger partial charge in [0.25, 0.3) is 5.91 Å². The second kappa shape index (κ2) is 4.94. The van der Waals surface area contributed by atoms with Gasteiger partial charge in [0.15, 0.2) is 0 Å². The van der Waals surface area contributed by atoms with E-state index < -0.39 is 0 Å². The van der Waals surface area contributed by atoms with Gasteiger partial charge in [-0.2, -0.15) is 0 Å². The van der Waals surface area contributed by atoms with E-state index in [4.69, 9.17) is 4.74 Å². The number of amides is 1. The smallest absolute Gasteiger partial charge is 0.253 e. The van der Waals surface area contributed by atoms with Crippen LogP contribution in [-0.2, 0) is 9.53 Å². The number of likely N-dealkylation sites (N-methyl/N-ethyl adjacent to an activating group) is 1. The van der Waals surface area contributed by atoms with E-state index in [1.54, 1.807) is 0 Å². The fraction of sp³-hybridized carbons (Fsp3) is 0.909. The summed E-state index contributed by atoms with van der Waals surface area (Å²) in [5.74, 6) is 0.183. The van der Waals surface area contributed by atoms with Crippen molar-refractivity contribution in [3.63, 3.8) is 0 Å². The van der Waals surface area contributed by atoms with Crippen LogP contribution in [0.15, 0.2) is 0 Å². The summed E-state index contributed by atoms with van der Waals surface area (Å²) in [6.45, 7) is 2.10. The molecule has 2 rings (SSSR count). The molecular formula is C11H20N2O2. The Morgan fingerprint density at radius 1 is 1.47 bits per heavy atom. The summed E-state index contributed by atoms with van der Waals surface area (Å²) < 4.78 is 5.47. The molecule has 2 fully saturated rings. The predicted octanol–water partition coefficient (Wildman–Crippen LogP) is 0.376. The van der Waals surface area contributed by atoms with Crippen LogP contribution in [0.2, 0.25) is 0 Å². The number of nitrogens with one attached hydrogen (secondary N) is 1. The number of rotatable bonds is 3. The van der Waals surface area contributed by atoms with E-state index in [9.17, 15) is 4.79 Å². The Morgan fingerprint density at radius 2 is 2.20 bits per heavy atom. The van der Waals surface area contributed by atoms with Crippen LogP contribution in [-0.4, -0.2) is 49.7 Å². The summed E-state index contributed by atoms with van der Waals surface area (Å²) in [6.07, 6.45) is 4.64. The Morgan fingerprint density at radius 3 is 2.87 bits per heavy atom. The van der Waals surface area contributed by atoms with Crippen LogP contribution in [0.25, 0.3) is 0 Å². The highest BCUT2D eigenvalue weighted by Crippen LogP contribution is 2.25. The highest BCUT2D eigenvalue weighted by Gasteiger charge is 2.34. The first kappa shape index (κ1) is 10.9. The maximum atomic E-state index is 12.1.